The minimum atomic E-state index is 1.01. The topological polar surface area (TPSA) is 15.3 Å². The molecule has 0 aromatic heterocycles. The zero-order valence-electron chi connectivity index (χ0n) is 9.01. The Morgan fingerprint density at radius 3 is 3.07 bits per heavy atom. The summed E-state index contributed by atoms with van der Waals surface area (Å²) in [7, 11) is 0. The van der Waals surface area contributed by atoms with Crippen LogP contribution in [0.5, 0.6) is 0 Å². The lowest BCUT2D eigenvalue weighted by Crippen LogP contribution is -2.28. The maximum Gasteiger partial charge on any atom is 0.0414 e. The fourth-order valence-corrected chi connectivity index (χ4v) is 2.09. The molecule has 0 saturated heterocycles. The van der Waals surface area contributed by atoms with Crippen molar-refractivity contribution in [3.63, 3.8) is 0 Å². The summed E-state index contributed by atoms with van der Waals surface area (Å²) in [5.74, 6) is 0. The van der Waals surface area contributed by atoms with Gasteiger partial charge in [0.05, 0.1) is 0 Å². The largest absolute Gasteiger partial charge is 0.370 e. The highest BCUT2D eigenvalue weighted by Gasteiger charge is 2.14. The average Bonchev–Trinajstić information content (AvgIpc) is 2.40. The molecule has 1 aromatic rings. The number of aryl methyl sites for hydroxylation is 1. The van der Waals surface area contributed by atoms with E-state index in [9.17, 15) is 0 Å². The van der Waals surface area contributed by atoms with E-state index in [2.05, 4.69) is 42.3 Å². The van der Waals surface area contributed by atoms with Gasteiger partial charge in [-0.05, 0) is 31.0 Å². The molecule has 2 nitrogen and oxygen atoms in total. The van der Waals surface area contributed by atoms with Gasteiger partial charge in [-0.3, -0.25) is 0 Å². The number of likely N-dealkylation sites (N-methyl/N-ethyl adjacent to an activating group) is 1. The first-order valence-corrected chi connectivity index (χ1v) is 5.37. The van der Waals surface area contributed by atoms with Crippen molar-refractivity contribution in [1.29, 1.82) is 0 Å². The van der Waals surface area contributed by atoms with Gasteiger partial charge in [0.15, 0.2) is 0 Å². The van der Waals surface area contributed by atoms with Gasteiger partial charge in [-0.25, -0.2) is 0 Å². The monoisotopic (exact) mass is 190 g/mol. The van der Waals surface area contributed by atoms with Crippen molar-refractivity contribution in [3.8, 4) is 0 Å². The number of hydrogen-bond donors (Lipinski definition) is 1. The predicted molar refractivity (Wildman–Crippen MR) is 60.8 cm³/mol. The number of nitrogens with one attached hydrogen (secondary N) is 1. The highest BCUT2D eigenvalue weighted by atomic mass is 15.2. The third-order valence-corrected chi connectivity index (χ3v) is 2.97. The standard InChI is InChI=1S/C12H18N2/c1-3-14-8-7-13-9-11-10(2)5-4-6-12(11)14/h4-6,13H,3,7-9H2,1-2H3. The van der Waals surface area contributed by atoms with E-state index in [1.165, 1.54) is 16.8 Å². The molecule has 1 aromatic carbocycles. The molecule has 1 aliphatic rings. The molecule has 14 heavy (non-hydrogen) atoms. The molecule has 0 fully saturated rings. The number of hydrogen-bond acceptors (Lipinski definition) is 2. The van der Waals surface area contributed by atoms with E-state index in [0.29, 0.717) is 0 Å². The van der Waals surface area contributed by atoms with Crippen molar-refractivity contribution in [2.24, 2.45) is 0 Å². The van der Waals surface area contributed by atoms with Crippen LogP contribution in [0.25, 0.3) is 0 Å². The molecule has 0 unspecified atom stereocenters. The normalized spacial score (nSPS) is 16.3. The molecule has 1 N–H and O–H groups in total. The van der Waals surface area contributed by atoms with Crippen LogP contribution in [0.2, 0.25) is 0 Å². The predicted octanol–water partition coefficient (Wildman–Crippen LogP) is 1.92. The first-order chi connectivity index (χ1) is 6.83. The summed E-state index contributed by atoms with van der Waals surface area (Å²) in [4.78, 5) is 2.45. The lowest BCUT2D eigenvalue weighted by molar-refractivity contribution is 0.694. The smallest absolute Gasteiger partial charge is 0.0414 e. The van der Waals surface area contributed by atoms with Gasteiger partial charge in [0.2, 0.25) is 0 Å². The van der Waals surface area contributed by atoms with Gasteiger partial charge in [0.25, 0.3) is 0 Å². The summed E-state index contributed by atoms with van der Waals surface area (Å²) in [6.07, 6.45) is 0. The molecule has 0 atom stereocenters. The molecule has 76 valence electrons. The molecule has 2 rings (SSSR count). The van der Waals surface area contributed by atoms with E-state index in [1.807, 2.05) is 0 Å². The second kappa shape index (κ2) is 4.01. The number of nitrogens with zero attached hydrogens (tertiary/aromatic N) is 1. The van der Waals surface area contributed by atoms with E-state index in [-0.39, 0.29) is 0 Å². The van der Waals surface area contributed by atoms with Gasteiger partial charge in [0.1, 0.15) is 0 Å². The Morgan fingerprint density at radius 2 is 2.29 bits per heavy atom. The molecule has 0 radical (unpaired) electrons. The number of anilines is 1. The summed E-state index contributed by atoms with van der Waals surface area (Å²) >= 11 is 0. The van der Waals surface area contributed by atoms with Crippen LogP contribution >= 0.6 is 0 Å². The Labute approximate surface area is 85.9 Å². The Kier molecular flexibility index (Phi) is 2.73. The molecular formula is C12H18N2. The maximum atomic E-state index is 3.47. The summed E-state index contributed by atoms with van der Waals surface area (Å²) in [5, 5.41) is 3.47. The minimum Gasteiger partial charge on any atom is -0.370 e. The molecule has 0 aliphatic carbocycles. The molecule has 0 bridgehead atoms. The van der Waals surface area contributed by atoms with Crippen LogP contribution in [-0.2, 0) is 6.54 Å². The zero-order valence-corrected chi connectivity index (χ0v) is 9.01. The molecule has 1 heterocycles. The van der Waals surface area contributed by atoms with Crippen LogP contribution in [0.15, 0.2) is 18.2 Å². The summed E-state index contributed by atoms with van der Waals surface area (Å²) in [6.45, 7) is 8.72. The van der Waals surface area contributed by atoms with Crippen molar-refractivity contribution in [2.45, 2.75) is 20.4 Å². The van der Waals surface area contributed by atoms with Crippen LogP contribution in [0.3, 0.4) is 0 Å². The van der Waals surface area contributed by atoms with Gasteiger partial charge in [-0.2, -0.15) is 0 Å². The van der Waals surface area contributed by atoms with E-state index in [0.717, 1.165) is 26.2 Å². The SMILES string of the molecule is CCN1CCNCc2c(C)cccc21. The van der Waals surface area contributed by atoms with Crippen LogP contribution in [0.4, 0.5) is 5.69 Å². The minimum absolute atomic E-state index is 1.01. The zero-order chi connectivity index (χ0) is 9.97. The molecular weight excluding hydrogens is 172 g/mol. The van der Waals surface area contributed by atoms with Crippen molar-refractivity contribution in [2.75, 3.05) is 24.5 Å². The van der Waals surface area contributed by atoms with Gasteiger partial charge in [-0.1, -0.05) is 12.1 Å². The fraction of sp³-hybridized carbons (Fsp3) is 0.500. The Morgan fingerprint density at radius 1 is 1.43 bits per heavy atom. The molecule has 2 heteroatoms. The van der Waals surface area contributed by atoms with Crippen LogP contribution in [0.1, 0.15) is 18.1 Å². The van der Waals surface area contributed by atoms with Crippen molar-refractivity contribution in [1.82, 2.24) is 5.32 Å². The third kappa shape index (κ3) is 1.62. The molecule has 0 saturated carbocycles. The van der Waals surface area contributed by atoms with Gasteiger partial charge in [0, 0.05) is 31.9 Å². The highest BCUT2D eigenvalue weighted by Crippen LogP contribution is 2.24. The fourth-order valence-electron chi connectivity index (χ4n) is 2.09. The third-order valence-electron chi connectivity index (χ3n) is 2.97. The quantitative estimate of drug-likeness (QED) is 0.728. The maximum absolute atomic E-state index is 3.47. The lowest BCUT2D eigenvalue weighted by Gasteiger charge is -2.23. The van der Waals surface area contributed by atoms with Crippen LogP contribution in [-0.4, -0.2) is 19.6 Å². The number of fused-ring (bicyclic) bond motifs is 1. The van der Waals surface area contributed by atoms with E-state index in [1.54, 1.807) is 0 Å². The number of rotatable bonds is 1. The molecule has 0 amide bonds. The first kappa shape index (κ1) is 9.53. The van der Waals surface area contributed by atoms with Gasteiger partial charge >= 0.3 is 0 Å². The summed E-state index contributed by atoms with van der Waals surface area (Å²) in [5.41, 5.74) is 4.28. The summed E-state index contributed by atoms with van der Waals surface area (Å²) < 4.78 is 0. The Bertz CT molecular complexity index is 320. The van der Waals surface area contributed by atoms with Crippen molar-refractivity contribution >= 4 is 5.69 Å². The van der Waals surface area contributed by atoms with E-state index >= 15 is 0 Å². The first-order valence-electron chi connectivity index (χ1n) is 5.37. The number of benzene rings is 1. The highest BCUT2D eigenvalue weighted by molar-refractivity contribution is 5.57. The Balaban J connectivity index is 2.44. The van der Waals surface area contributed by atoms with Crippen LogP contribution in [0, 0.1) is 6.92 Å². The van der Waals surface area contributed by atoms with Gasteiger partial charge in [-0.15, -0.1) is 0 Å². The van der Waals surface area contributed by atoms with Gasteiger partial charge < -0.3 is 10.2 Å². The van der Waals surface area contributed by atoms with Crippen molar-refractivity contribution < 1.29 is 0 Å². The second-order valence-electron chi connectivity index (χ2n) is 3.83. The molecule has 0 spiro atoms. The Hall–Kier alpha value is -1.02. The van der Waals surface area contributed by atoms with Crippen LogP contribution < -0.4 is 10.2 Å². The van der Waals surface area contributed by atoms with E-state index < -0.39 is 0 Å². The summed E-state index contributed by atoms with van der Waals surface area (Å²) in [6, 6.07) is 6.58. The van der Waals surface area contributed by atoms with E-state index in [4.69, 9.17) is 0 Å². The second-order valence-corrected chi connectivity index (χ2v) is 3.83. The molecule has 1 aliphatic heterocycles. The average molecular weight is 190 g/mol. The lowest BCUT2D eigenvalue weighted by atomic mass is 10.1. The van der Waals surface area contributed by atoms with Crippen molar-refractivity contribution in [3.05, 3.63) is 29.3 Å².